The Labute approximate surface area is 130 Å². The van der Waals surface area contributed by atoms with Crippen molar-refractivity contribution in [1.82, 2.24) is 10.1 Å². The van der Waals surface area contributed by atoms with E-state index in [4.69, 9.17) is 10.3 Å². The average Bonchev–Trinajstić information content (AvgIpc) is 2.96. The molecule has 0 aliphatic carbocycles. The zero-order valence-electron chi connectivity index (χ0n) is 13.0. The van der Waals surface area contributed by atoms with Gasteiger partial charge < -0.3 is 15.2 Å². The molecule has 0 radical (unpaired) electrons. The number of amides is 1. The molecule has 3 rings (SSSR count). The number of likely N-dealkylation sites (tertiary alicyclic amines) is 1. The van der Waals surface area contributed by atoms with Crippen molar-refractivity contribution in [3.8, 4) is 0 Å². The fourth-order valence-corrected chi connectivity index (χ4v) is 3.21. The second-order valence-electron chi connectivity index (χ2n) is 6.11. The van der Waals surface area contributed by atoms with E-state index in [-0.39, 0.29) is 0 Å². The maximum absolute atomic E-state index is 11.2. The number of fused-ring (bicyclic) bond motifs is 1. The van der Waals surface area contributed by atoms with E-state index in [1.165, 1.54) is 19.4 Å². The van der Waals surface area contributed by atoms with Gasteiger partial charge in [-0.1, -0.05) is 18.5 Å². The summed E-state index contributed by atoms with van der Waals surface area (Å²) < 4.78 is 5.59. The molecule has 0 bridgehead atoms. The number of benzene rings is 1. The normalized spacial score (nSPS) is 17.1. The van der Waals surface area contributed by atoms with E-state index >= 15 is 0 Å². The summed E-state index contributed by atoms with van der Waals surface area (Å²) in [7, 11) is 0. The molecule has 1 aliphatic heterocycles. The van der Waals surface area contributed by atoms with Gasteiger partial charge >= 0.3 is 0 Å². The molecule has 0 atom stereocenters. The van der Waals surface area contributed by atoms with Crippen molar-refractivity contribution < 1.29 is 9.32 Å². The van der Waals surface area contributed by atoms with Crippen molar-refractivity contribution in [1.29, 1.82) is 0 Å². The first-order valence-electron chi connectivity index (χ1n) is 8.10. The Balaban J connectivity index is 1.73. The zero-order valence-corrected chi connectivity index (χ0v) is 13.0. The molecule has 1 aromatic heterocycles. The first kappa shape index (κ1) is 15.0. The minimum atomic E-state index is -0.435. The van der Waals surface area contributed by atoms with Gasteiger partial charge in [0, 0.05) is 16.9 Å². The molecule has 1 aromatic carbocycles. The third-order valence-electron chi connectivity index (χ3n) is 4.58. The monoisotopic (exact) mass is 301 g/mol. The first-order chi connectivity index (χ1) is 10.7. The van der Waals surface area contributed by atoms with Gasteiger partial charge in [0.25, 0.3) is 0 Å². The summed E-state index contributed by atoms with van der Waals surface area (Å²) in [5, 5.41) is 5.12. The lowest BCUT2D eigenvalue weighted by atomic mass is 9.92. The molecular formula is C17H23N3O2. The number of hydrogen-bond acceptors (Lipinski definition) is 4. The van der Waals surface area contributed by atoms with Gasteiger partial charge in [-0.05, 0) is 57.1 Å². The number of unbranched alkanes of at least 4 members (excludes halogenated alkanes) is 1. The molecule has 1 aliphatic rings. The van der Waals surface area contributed by atoms with E-state index in [2.05, 4.69) is 17.0 Å². The molecule has 5 nitrogen and oxygen atoms in total. The van der Waals surface area contributed by atoms with Gasteiger partial charge in [-0.25, -0.2) is 0 Å². The topological polar surface area (TPSA) is 72.4 Å². The number of rotatable bonds is 5. The van der Waals surface area contributed by atoms with Crippen LogP contribution in [-0.4, -0.2) is 35.6 Å². The Morgan fingerprint density at radius 2 is 2.18 bits per heavy atom. The van der Waals surface area contributed by atoms with Crippen molar-refractivity contribution in [2.75, 3.05) is 19.6 Å². The van der Waals surface area contributed by atoms with E-state index in [0.29, 0.717) is 11.5 Å². The number of carbonyl (C=O) groups excluding carboxylic acids is 1. The third-order valence-corrected chi connectivity index (χ3v) is 4.58. The molecule has 0 unspecified atom stereocenters. The molecule has 22 heavy (non-hydrogen) atoms. The predicted molar refractivity (Wildman–Crippen MR) is 85.8 cm³/mol. The van der Waals surface area contributed by atoms with Gasteiger partial charge in [0.05, 0.1) is 0 Å². The van der Waals surface area contributed by atoms with Crippen LogP contribution in [0, 0.1) is 0 Å². The quantitative estimate of drug-likeness (QED) is 0.921. The molecule has 118 valence electrons. The summed E-state index contributed by atoms with van der Waals surface area (Å²) in [4.78, 5) is 13.8. The summed E-state index contributed by atoms with van der Waals surface area (Å²) in [6.07, 6.45) is 4.72. The van der Waals surface area contributed by atoms with Crippen LogP contribution in [0.15, 0.2) is 22.7 Å². The second kappa shape index (κ2) is 6.48. The molecule has 1 fully saturated rings. The van der Waals surface area contributed by atoms with Gasteiger partial charge in [0.2, 0.25) is 5.91 Å². The number of piperidine rings is 1. The summed E-state index contributed by atoms with van der Waals surface area (Å²) in [5.41, 5.74) is 6.50. The number of carbonyl (C=O) groups is 1. The Morgan fingerprint density at radius 1 is 1.41 bits per heavy atom. The van der Waals surface area contributed by atoms with Crippen LogP contribution in [-0.2, 0) is 0 Å². The zero-order chi connectivity index (χ0) is 15.5. The van der Waals surface area contributed by atoms with Crippen LogP contribution in [0.1, 0.15) is 54.6 Å². The Morgan fingerprint density at radius 3 is 2.86 bits per heavy atom. The number of nitrogens with two attached hydrogens (primary N) is 1. The number of hydrogen-bond donors (Lipinski definition) is 1. The van der Waals surface area contributed by atoms with Gasteiger partial charge in [0.1, 0.15) is 11.3 Å². The first-order valence-corrected chi connectivity index (χ1v) is 8.10. The lowest BCUT2D eigenvalue weighted by Gasteiger charge is -2.30. The van der Waals surface area contributed by atoms with Crippen LogP contribution in [0.25, 0.3) is 10.9 Å². The van der Waals surface area contributed by atoms with E-state index < -0.39 is 5.91 Å². The highest BCUT2D eigenvalue weighted by atomic mass is 16.5. The number of primary amides is 1. The highest BCUT2D eigenvalue weighted by Crippen LogP contribution is 2.33. The highest BCUT2D eigenvalue weighted by molar-refractivity contribution is 5.97. The largest absolute Gasteiger partial charge is 0.366 e. The third kappa shape index (κ3) is 2.99. The predicted octanol–water partition coefficient (Wildman–Crippen LogP) is 2.91. The fourth-order valence-electron chi connectivity index (χ4n) is 3.21. The Kier molecular flexibility index (Phi) is 4.43. The van der Waals surface area contributed by atoms with E-state index in [1.54, 1.807) is 12.1 Å². The molecule has 0 spiro atoms. The fraction of sp³-hybridized carbons (Fsp3) is 0.529. The summed E-state index contributed by atoms with van der Waals surface area (Å²) >= 11 is 0. The molecule has 0 saturated carbocycles. The van der Waals surface area contributed by atoms with E-state index in [1.807, 2.05) is 6.07 Å². The van der Waals surface area contributed by atoms with Crippen LogP contribution in [0.3, 0.4) is 0 Å². The maximum Gasteiger partial charge on any atom is 0.248 e. The Bertz CT molecular complexity index is 657. The lowest BCUT2D eigenvalue weighted by molar-refractivity contribution is 0.100. The second-order valence-corrected chi connectivity index (χ2v) is 6.11. The molecule has 1 saturated heterocycles. The van der Waals surface area contributed by atoms with Gasteiger partial charge in [-0.15, -0.1) is 0 Å². The summed E-state index contributed by atoms with van der Waals surface area (Å²) in [6, 6.07) is 5.37. The maximum atomic E-state index is 11.2. The number of aromatic nitrogens is 1. The van der Waals surface area contributed by atoms with Crippen molar-refractivity contribution >= 4 is 16.8 Å². The molecular weight excluding hydrogens is 278 g/mol. The van der Waals surface area contributed by atoms with Crippen LogP contribution >= 0.6 is 0 Å². The van der Waals surface area contributed by atoms with Crippen molar-refractivity contribution in [2.45, 2.75) is 38.5 Å². The van der Waals surface area contributed by atoms with Crippen molar-refractivity contribution in [2.24, 2.45) is 5.73 Å². The smallest absolute Gasteiger partial charge is 0.248 e. The lowest BCUT2D eigenvalue weighted by Crippen LogP contribution is -2.33. The number of nitrogens with zero attached hydrogens (tertiary/aromatic N) is 2. The van der Waals surface area contributed by atoms with Gasteiger partial charge in [-0.3, -0.25) is 4.79 Å². The van der Waals surface area contributed by atoms with E-state index in [9.17, 15) is 4.79 Å². The van der Waals surface area contributed by atoms with Crippen molar-refractivity contribution in [3.05, 3.63) is 29.5 Å². The molecule has 2 N–H and O–H groups in total. The molecule has 2 heterocycles. The average molecular weight is 301 g/mol. The Hall–Kier alpha value is -1.88. The minimum absolute atomic E-state index is 0.419. The minimum Gasteiger partial charge on any atom is -0.366 e. The summed E-state index contributed by atoms with van der Waals surface area (Å²) in [5.74, 6) is 0.944. The molecule has 1 amide bonds. The summed E-state index contributed by atoms with van der Waals surface area (Å²) in [6.45, 7) is 5.66. The van der Waals surface area contributed by atoms with Gasteiger partial charge in [0.15, 0.2) is 0 Å². The molecule has 5 heteroatoms. The van der Waals surface area contributed by atoms with Crippen LogP contribution in [0.2, 0.25) is 0 Å². The molecule has 2 aromatic rings. The standard InChI is InChI=1S/C17H23N3O2/c1-2-3-8-20-9-6-12(7-10-20)16-14-5-4-13(17(18)21)11-15(14)19-22-16/h4-5,11-12H,2-3,6-10H2,1H3,(H2,18,21). The SMILES string of the molecule is CCCCN1CCC(c2onc3cc(C(N)=O)ccc23)CC1. The van der Waals surface area contributed by atoms with Crippen LogP contribution in [0.4, 0.5) is 0 Å². The van der Waals surface area contributed by atoms with Crippen molar-refractivity contribution in [3.63, 3.8) is 0 Å². The highest BCUT2D eigenvalue weighted by Gasteiger charge is 2.25. The van der Waals surface area contributed by atoms with Crippen LogP contribution < -0.4 is 5.73 Å². The van der Waals surface area contributed by atoms with Gasteiger partial charge in [-0.2, -0.15) is 0 Å². The van der Waals surface area contributed by atoms with E-state index in [0.717, 1.165) is 42.6 Å². The van der Waals surface area contributed by atoms with Crippen LogP contribution in [0.5, 0.6) is 0 Å².